The molecule has 0 bridgehead atoms. The van der Waals surface area contributed by atoms with Gasteiger partial charge in [-0.2, -0.15) is 0 Å². The van der Waals surface area contributed by atoms with Crippen molar-refractivity contribution in [3.05, 3.63) is 157 Å². The van der Waals surface area contributed by atoms with Crippen molar-refractivity contribution in [1.29, 1.82) is 0 Å². The average molecular weight is 577 g/mol. The minimum Gasteiger partial charge on any atom is -0.456 e. The van der Waals surface area contributed by atoms with Crippen LogP contribution < -0.4 is 0 Å². The Morgan fingerprint density at radius 3 is 1.67 bits per heavy atom. The van der Waals surface area contributed by atoms with Gasteiger partial charge in [-0.15, -0.1) is 0 Å². The molecule has 0 N–H and O–H groups in total. The lowest BCUT2D eigenvalue weighted by atomic mass is 9.93. The van der Waals surface area contributed by atoms with Crippen molar-refractivity contribution in [2.24, 2.45) is 0 Å². The van der Waals surface area contributed by atoms with Gasteiger partial charge in [0.2, 0.25) is 0 Å². The number of fused-ring (bicyclic) bond motifs is 3. The Hall–Kier alpha value is -6.38. The summed E-state index contributed by atoms with van der Waals surface area (Å²) >= 11 is 0. The van der Waals surface area contributed by atoms with Crippen LogP contribution in [0.15, 0.2) is 150 Å². The second kappa shape index (κ2) is 11.0. The van der Waals surface area contributed by atoms with E-state index in [-0.39, 0.29) is 0 Å². The largest absolute Gasteiger partial charge is 0.456 e. The molecule has 2 aromatic heterocycles. The van der Waals surface area contributed by atoms with Crippen LogP contribution in [0.3, 0.4) is 0 Å². The van der Waals surface area contributed by atoms with E-state index in [4.69, 9.17) is 25.9 Å². The monoisotopic (exact) mass is 576 g/mol. The third-order valence-electron chi connectivity index (χ3n) is 7.99. The third kappa shape index (κ3) is 4.81. The van der Waals surface area contributed by atoms with Crippen LogP contribution in [0.2, 0.25) is 0 Å². The summed E-state index contributed by atoms with van der Waals surface area (Å²) in [6, 6.07) is 48.3. The van der Waals surface area contributed by atoms with Gasteiger partial charge in [-0.05, 0) is 34.9 Å². The van der Waals surface area contributed by atoms with Crippen LogP contribution in [0.25, 0.3) is 83.2 Å². The fraction of sp³-hybridized carbons (Fsp3) is 0. The van der Waals surface area contributed by atoms with Crippen LogP contribution in [0.1, 0.15) is 0 Å². The molecule has 0 radical (unpaired) electrons. The van der Waals surface area contributed by atoms with Gasteiger partial charge in [-0.25, -0.2) is 19.8 Å². The molecule has 0 atom stereocenters. The van der Waals surface area contributed by atoms with Crippen molar-refractivity contribution in [3.63, 3.8) is 0 Å². The van der Waals surface area contributed by atoms with E-state index in [1.54, 1.807) is 0 Å². The molecular formula is C40H24N4O. The molecule has 0 saturated heterocycles. The summed E-state index contributed by atoms with van der Waals surface area (Å²) in [5.41, 5.74) is 8.99. The van der Waals surface area contributed by atoms with Crippen molar-refractivity contribution in [1.82, 2.24) is 15.0 Å². The SMILES string of the molecule is [C-]#[N+]c1ccc(-c2c(-c3nc(-c4ccccc4)nc(-c4ccc(-c5ccccc5)cc4)n3)ccc3oc4ccccc4c23)cc1. The number of hydrogen-bond acceptors (Lipinski definition) is 4. The first kappa shape index (κ1) is 26.3. The molecule has 0 aliphatic carbocycles. The van der Waals surface area contributed by atoms with E-state index in [2.05, 4.69) is 47.3 Å². The van der Waals surface area contributed by atoms with Gasteiger partial charge < -0.3 is 4.42 Å². The third-order valence-corrected chi connectivity index (χ3v) is 7.99. The number of rotatable bonds is 5. The maximum Gasteiger partial charge on any atom is 0.187 e. The van der Waals surface area contributed by atoms with Crippen molar-refractivity contribution >= 4 is 27.6 Å². The molecule has 8 rings (SSSR count). The predicted octanol–water partition coefficient (Wildman–Crippen LogP) is 10.7. The zero-order valence-corrected chi connectivity index (χ0v) is 24.1. The Bertz CT molecular complexity index is 2350. The van der Waals surface area contributed by atoms with Gasteiger partial charge in [0.25, 0.3) is 0 Å². The number of benzene rings is 6. The van der Waals surface area contributed by atoms with Crippen LogP contribution in [-0.4, -0.2) is 15.0 Å². The summed E-state index contributed by atoms with van der Waals surface area (Å²) in [6.07, 6.45) is 0. The average Bonchev–Trinajstić information content (AvgIpc) is 3.51. The van der Waals surface area contributed by atoms with E-state index in [0.29, 0.717) is 23.2 Å². The summed E-state index contributed by atoms with van der Waals surface area (Å²) in [6.45, 7) is 7.47. The number of para-hydroxylation sites is 1. The van der Waals surface area contributed by atoms with Gasteiger partial charge in [0, 0.05) is 33.0 Å². The van der Waals surface area contributed by atoms with E-state index >= 15 is 0 Å². The maximum absolute atomic E-state index is 7.47. The highest BCUT2D eigenvalue weighted by molar-refractivity contribution is 6.15. The fourth-order valence-corrected chi connectivity index (χ4v) is 5.79. The second-order valence-corrected chi connectivity index (χ2v) is 10.7. The Morgan fingerprint density at radius 1 is 0.444 bits per heavy atom. The summed E-state index contributed by atoms with van der Waals surface area (Å²) < 4.78 is 6.28. The molecule has 45 heavy (non-hydrogen) atoms. The number of hydrogen-bond donors (Lipinski definition) is 0. The smallest absolute Gasteiger partial charge is 0.187 e. The van der Waals surface area contributed by atoms with E-state index in [9.17, 15) is 0 Å². The second-order valence-electron chi connectivity index (χ2n) is 10.7. The van der Waals surface area contributed by atoms with Crippen LogP contribution in [0.5, 0.6) is 0 Å². The van der Waals surface area contributed by atoms with Gasteiger partial charge in [0.05, 0.1) is 6.57 Å². The molecule has 0 aliphatic rings. The molecule has 0 unspecified atom stereocenters. The van der Waals surface area contributed by atoms with Crippen LogP contribution in [0, 0.1) is 6.57 Å². The number of aromatic nitrogens is 3. The summed E-state index contributed by atoms with van der Waals surface area (Å²) in [5.74, 6) is 1.74. The van der Waals surface area contributed by atoms with Crippen LogP contribution in [-0.2, 0) is 0 Å². The van der Waals surface area contributed by atoms with Crippen molar-refractivity contribution in [2.75, 3.05) is 0 Å². The highest BCUT2D eigenvalue weighted by Gasteiger charge is 2.21. The standard InChI is InChI=1S/C40H24N4O/c1-41-31-22-20-28(21-23-31)36-33(24-25-35-37(36)32-14-8-9-15-34(32)45-35)40-43-38(29-12-6-3-7-13-29)42-39(44-40)30-18-16-27(17-19-30)26-10-4-2-5-11-26/h2-25H. The molecule has 210 valence electrons. The van der Waals surface area contributed by atoms with E-state index in [1.165, 1.54) is 0 Å². The molecule has 2 heterocycles. The van der Waals surface area contributed by atoms with Crippen molar-refractivity contribution in [2.45, 2.75) is 0 Å². The molecule has 0 amide bonds. The molecule has 0 saturated carbocycles. The lowest BCUT2D eigenvalue weighted by Crippen LogP contribution is -2.01. The summed E-state index contributed by atoms with van der Waals surface area (Å²) in [5, 5.41) is 1.99. The molecule has 0 aliphatic heterocycles. The quantitative estimate of drug-likeness (QED) is 0.191. The van der Waals surface area contributed by atoms with Gasteiger partial charge in [0.1, 0.15) is 11.2 Å². The highest BCUT2D eigenvalue weighted by atomic mass is 16.3. The Morgan fingerprint density at radius 2 is 0.978 bits per heavy atom. The Labute approximate surface area is 260 Å². The molecule has 8 aromatic rings. The highest BCUT2D eigenvalue weighted by Crippen LogP contribution is 2.43. The molecule has 5 nitrogen and oxygen atoms in total. The molecule has 6 aromatic carbocycles. The van der Waals surface area contributed by atoms with Gasteiger partial charge >= 0.3 is 0 Å². The zero-order valence-electron chi connectivity index (χ0n) is 24.1. The molecular weight excluding hydrogens is 552 g/mol. The first-order valence-electron chi connectivity index (χ1n) is 14.6. The zero-order chi connectivity index (χ0) is 30.2. The van der Waals surface area contributed by atoms with Gasteiger partial charge in [-0.3, -0.25) is 0 Å². The molecule has 5 heteroatoms. The summed E-state index contributed by atoms with van der Waals surface area (Å²) in [4.78, 5) is 18.7. The first-order valence-corrected chi connectivity index (χ1v) is 14.6. The number of nitrogens with zero attached hydrogens (tertiary/aromatic N) is 4. The topological polar surface area (TPSA) is 56.2 Å². The molecule has 0 fully saturated rings. The normalized spacial score (nSPS) is 11.1. The van der Waals surface area contributed by atoms with Crippen molar-refractivity contribution < 1.29 is 4.42 Å². The van der Waals surface area contributed by atoms with Gasteiger partial charge in [-0.1, -0.05) is 127 Å². The predicted molar refractivity (Wildman–Crippen MR) is 181 cm³/mol. The Balaban J connectivity index is 1.37. The minimum atomic E-state index is 0.558. The maximum atomic E-state index is 7.47. The minimum absolute atomic E-state index is 0.558. The van der Waals surface area contributed by atoms with E-state index < -0.39 is 0 Å². The first-order chi connectivity index (χ1) is 22.2. The molecule has 0 spiro atoms. The van der Waals surface area contributed by atoms with E-state index in [1.807, 2.05) is 103 Å². The summed E-state index contributed by atoms with van der Waals surface area (Å²) in [7, 11) is 0. The van der Waals surface area contributed by atoms with E-state index in [0.717, 1.165) is 60.9 Å². The fourth-order valence-electron chi connectivity index (χ4n) is 5.79. The number of furan rings is 1. The Kier molecular flexibility index (Phi) is 6.44. The van der Waals surface area contributed by atoms with Gasteiger partial charge in [0.15, 0.2) is 23.2 Å². The van der Waals surface area contributed by atoms with Crippen LogP contribution >= 0.6 is 0 Å². The van der Waals surface area contributed by atoms with Crippen LogP contribution in [0.4, 0.5) is 5.69 Å². The lowest BCUT2D eigenvalue weighted by Gasteiger charge is -2.13. The lowest BCUT2D eigenvalue weighted by molar-refractivity contribution is 0.669. The van der Waals surface area contributed by atoms with Crippen molar-refractivity contribution in [3.8, 4) is 56.4 Å².